The highest BCUT2D eigenvalue weighted by atomic mass is 32.1. The average Bonchev–Trinajstić information content (AvgIpc) is 4.05. The number of thiophene rings is 10. The van der Waals surface area contributed by atoms with Crippen LogP contribution >= 0.6 is 113 Å². The van der Waals surface area contributed by atoms with Crippen molar-refractivity contribution in [2.75, 3.05) is 0 Å². The fourth-order valence-corrected chi connectivity index (χ4v) is 16.7. The molecule has 10 aromatic heterocycles. The van der Waals surface area contributed by atoms with Crippen LogP contribution < -0.4 is 9.06 Å². The summed E-state index contributed by atoms with van der Waals surface area (Å²) in [5.74, 6) is 0. The molecule has 0 aliphatic rings. The first-order chi connectivity index (χ1) is 26.5. The van der Waals surface area contributed by atoms with Crippen LogP contribution in [0, 0.1) is 16.0 Å². The van der Waals surface area contributed by atoms with E-state index >= 15 is 0 Å². The minimum absolute atomic E-state index is 1.32. The molecule has 264 valence electrons. The van der Waals surface area contributed by atoms with Gasteiger partial charge in [-0.25, -0.2) is 0 Å². The lowest BCUT2D eigenvalue weighted by molar-refractivity contribution is 1.64. The van der Waals surface area contributed by atoms with Gasteiger partial charge in [-0.3, -0.25) is 0 Å². The van der Waals surface area contributed by atoms with E-state index in [-0.39, 0.29) is 0 Å². The van der Waals surface area contributed by atoms with E-state index in [2.05, 4.69) is 146 Å². The summed E-state index contributed by atoms with van der Waals surface area (Å²) in [4.78, 5) is 18.7. The van der Waals surface area contributed by atoms with E-state index in [4.69, 9.17) is 0 Å². The fraction of sp³-hybridized carbons (Fsp3) is 0.0455. The second-order valence-corrected chi connectivity index (χ2v) is 23.3. The zero-order chi connectivity index (χ0) is 36.2. The van der Waals surface area contributed by atoms with E-state index in [9.17, 15) is 0 Å². The Kier molecular flexibility index (Phi) is 9.77. The first-order valence-electron chi connectivity index (χ1n) is 17.1. The van der Waals surface area contributed by atoms with Crippen molar-refractivity contribution >= 4 is 125 Å². The first-order valence-corrected chi connectivity index (χ1v) is 25.4. The zero-order valence-electron chi connectivity index (χ0n) is 28.8. The molecule has 54 heavy (non-hydrogen) atoms. The fourth-order valence-electron chi connectivity index (χ4n) is 6.25. The Bertz CT molecular complexity index is 3080. The second kappa shape index (κ2) is 15.0. The van der Waals surface area contributed by atoms with Gasteiger partial charge in [-0.2, -0.15) is 0 Å². The molecule has 0 atom stereocenters. The van der Waals surface area contributed by atoms with Gasteiger partial charge in [-0.15, -0.1) is 113 Å². The molecule has 10 aromatic rings. The van der Waals surface area contributed by atoms with Crippen molar-refractivity contribution in [3.8, 4) is 48.8 Å². The Morgan fingerprint density at radius 3 is 1.30 bits per heavy atom. The number of aryl methyl sites for hydroxylation is 1. The summed E-state index contributed by atoms with van der Waals surface area (Å²) in [6.45, 7) is 4.46. The van der Waals surface area contributed by atoms with Crippen LogP contribution in [0.2, 0.25) is 0 Å². The van der Waals surface area contributed by atoms with Gasteiger partial charge in [0.1, 0.15) is 0 Å². The summed E-state index contributed by atoms with van der Waals surface area (Å²) in [7, 11) is 0. The van der Waals surface area contributed by atoms with E-state index in [0.29, 0.717) is 0 Å². The molecule has 10 rings (SSSR count). The van der Waals surface area contributed by atoms with Gasteiger partial charge in [0.15, 0.2) is 0 Å². The highest BCUT2D eigenvalue weighted by Crippen LogP contribution is 2.44. The Morgan fingerprint density at radius 2 is 0.778 bits per heavy atom. The Hall–Kier alpha value is -3.26. The predicted molar refractivity (Wildman–Crippen MR) is 250 cm³/mol. The minimum Gasteiger partial charge on any atom is -0.143 e. The lowest BCUT2D eigenvalue weighted by Crippen LogP contribution is -1.99. The topological polar surface area (TPSA) is 0 Å². The normalized spacial score (nSPS) is 13.5. The predicted octanol–water partition coefficient (Wildman–Crippen LogP) is 15.7. The molecule has 0 unspecified atom stereocenters. The Morgan fingerprint density at radius 1 is 0.352 bits per heavy atom. The standard InChI is InChI=1S/C44H28S10/c1-25-7-8-33(47-25)34-17-20-41(52-34)44(43-22-19-40(54-43)38-16-14-32(51-38)30-6-4-24-46-30)42-21-18-39(53-42)36-12-10-28(49-36)26(2)27-9-11-35(48-27)37-15-13-31(50-37)29-5-3-23-45-29/h3-24H,1-2H3/b28-26-,39-36+,44-42+. The van der Waals surface area contributed by atoms with Crippen molar-refractivity contribution in [2.45, 2.75) is 13.8 Å². The van der Waals surface area contributed by atoms with E-state index in [1.165, 1.54) is 97.6 Å². The molecule has 0 aliphatic carbocycles. The van der Waals surface area contributed by atoms with Crippen LogP contribution in [0.25, 0.3) is 59.9 Å². The first kappa shape index (κ1) is 35.2. The SMILES string of the molecule is C/C(c1ccc(-c2ccc(-c3cccs3)s2)s1)=c1\cc/c(=c2/cc/c(=C(/c3ccc(-c4ccc(C)s4)s3)c3ccc(-c4ccc(-c5cccs5)s4)s3)s2)s1. The molecule has 10 heteroatoms. The van der Waals surface area contributed by atoms with Crippen molar-refractivity contribution in [3.05, 3.63) is 170 Å². The average molecular weight is 877 g/mol. The van der Waals surface area contributed by atoms with E-state index in [0.717, 1.165) is 0 Å². The van der Waals surface area contributed by atoms with Crippen LogP contribution in [-0.2, 0) is 0 Å². The molecule has 0 saturated heterocycles. The third-order valence-corrected chi connectivity index (χ3v) is 20.8. The number of rotatable bonds is 8. The summed E-state index contributed by atoms with van der Waals surface area (Å²) in [6.07, 6.45) is 0. The van der Waals surface area contributed by atoms with Crippen LogP contribution in [0.3, 0.4) is 0 Å². The molecule has 0 radical (unpaired) electrons. The molecule has 0 fully saturated rings. The van der Waals surface area contributed by atoms with Crippen molar-refractivity contribution < 1.29 is 0 Å². The van der Waals surface area contributed by atoms with E-state index in [1.54, 1.807) is 11.3 Å². The summed E-state index contributed by atoms with van der Waals surface area (Å²) in [5.41, 5.74) is 2.68. The van der Waals surface area contributed by atoms with Crippen LogP contribution in [0.5, 0.6) is 0 Å². The van der Waals surface area contributed by atoms with Crippen LogP contribution in [-0.4, -0.2) is 0 Å². The largest absolute Gasteiger partial charge is 0.143 e. The summed E-state index contributed by atoms with van der Waals surface area (Å²) in [6, 6.07) is 45.4. The molecule has 0 N–H and O–H groups in total. The highest BCUT2D eigenvalue weighted by molar-refractivity contribution is 7.27. The number of hydrogen-bond donors (Lipinski definition) is 0. The quantitative estimate of drug-likeness (QED) is 0.143. The number of hydrogen-bond acceptors (Lipinski definition) is 10. The van der Waals surface area contributed by atoms with Crippen molar-refractivity contribution in [1.82, 2.24) is 0 Å². The molecule has 0 spiro atoms. The Balaban J connectivity index is 1.04. The van der Waals surface area contributed by atoms with Gasteiger partial charge in [0, 0.05) is 92.0 Å². The Labute approximate surface area is 353 Å². The van der Waals surface area contributed by atoms with Gasteiger partial charge < -0.3 is 0 Å². The second-order valence-electron chi connectivity index (χ2n) is 12.5. The molecule has 0 aromatic carbocycles. The van der Waals surface area contributed by atoms with Crippen molar-refractivity contribution in [1.29, 1.82) is 0 Å². The van der Waals surface area contributed by atoms with Gasteiger partial charge >= 0.3 is 0 Å². The van der Waals surface area contributed by atoms with Crippen molar-refractivity contribution in [3.63, 3.8) is 0 Å². The van der Waals surface area contributed by atoms with Crippen molar-refractivity contribution in [2.24, 2.45) is 0 Å². The summed E-state index contributed by atoms with van der Waals surface area (Å²) in [5, 5.41) is 4.31. The van der Waals surface area contributed by atoms with Gasteiger partial charge in [0.25, 0.3) is 0 Å². The monoisotopic (exact) mass is 876 g/mol. The highest BCUT2D eigenvalue weighted by Gasteiger charge is 2.17. The van der Waals surface area contributed by atoms with Crippen LogP contribution in [0.4, 0.5) is 0 Å². The molecule has 10 heterocycles. The maximum absolute atomic E-state index is 2.34. The maximum atomic E-state index is 2.34. The molecule has 0 saturated carbocycles. The van der Waals surface area contributed by atoms with Gasteiger partial charge in [0.05, 0.1) is 0 Å². The molecule has 0 aliphatic heterocycles. The molecule has 0 bridgehead atoms. The van der Waals surface area contributed by atoms with Crippen LogP contribution in [0.1, 0.15) is 26.4 Å². The smallest absolute Gasteiger partial charge is 0.0449 e. The third-order valence-electron chi connectivity index (χ3n) is 8.96. The van der Waals surface area contributed by atoms with Gasteiger partial charge in [-0.1, -0.05) is 12.1 Å². The minimum atomic E-state index is 1.32. The summed E-state index contributed by atoms with van der Waals surface area (Å²) < 4.78 is 5.29. The van der Waals surface area contributed by atoms with Gasteiger partial charge in [-0.05, 0) is 139 Å². The molecule has 0 nitrogen and oxygen atoms in total. The van der Waals surface area contributed by atoms with E-state index < -0.39 is 0 Å². The van der Waals surface area contributed by atoms with Crippen LogP contribution in [0.15, 0.2) is 132 Å². The lowest BCUT2D eigenvalue weighted by Gasteiger charge is -2.01. The lowest BCUT2D eigenvalue weighted by atomic mass is 10.2. The van der Waals surface area contributed by atoms with E-state index in [1.807, 2.05) is 102 Å². The van der Waals surface area contributed by atoms with Gasteiger partial charge in [0.2, 0.25) is 0 Å². The molecular formula is C44H28S10. The third kappa shape index (κ3) is 6.92. The maximum Gasteiger partial charge on any atom is 0.0449 e. The molecular weight excluding hydrogens is 849 g/mol. The summed E-state index contributed by atoms with van der Waals surface area (Å²) >= 11 is 18.8. The zero-order valence-corrected chi connectivity index (χ0v) is 36.9. The molecule has 0 amide bonds.